The lowest BCUT2D eigenvalue weighted by molar-refractivity contribution is 0.278. The Balaban J connectivity index is 1.90. The third-order valence-electron chi connectivity index (χ3n) is 3.72. The third kappa shape index (κ3) is 1.41. The molecule has 1 aromatic rings. The first kappa shape index (κ1) is 10.0. The van der Waals surface area contributed by atoms with Gasteiger partial charge in [0.1, 0.15) is 0 Å². The van der Waals surface area contributed by atoms with Crippen molar-refractivity contribution in [3.63, 3.8) is 0 Å². The van der Waals surface area contributed by atoms with Gasteiger partial charge in [-0.3, -0.25) is 0 Å². The second-order valence-electron chi connectivity index (χ2n) is 4.53. The lowest BCUT2D eigenvalue weighted by atomic mass is 9.86. The standard InChI is InChI=1S/C13H14N2S/c14-10-15-7-5-13(6-8-15)12-4-2-1-3-11(12)9-16-13/h1-4H,5-9H2. The van der Waals surface area contributed by atoms with Crippen molar-refractivity contribution >= 4 is 11.8 Å². The van der Waals surface area contributed by atoms with E-state index in [1.807, 2.05) is 4.90 Å². The van der Waals surface area contributed by atoms with Gasteiger partial charge in [0.25, 0.3) is 0 Å². The van der Waals surface area contributed by atoms with E-state index >= 15 is 0 Å². The summed E-state index contributed by atoms with van der Waals surface area (Å²) in [6, 6.07) is 8.79. The molecule has 1 aromatic carbocycles. The van der Waals surface area contributed by atoms with Gasteiger partial charge in [-0.1, -0.05) is 24.3 Å². The second kappa shape index (κ2) is 3.71. The Morgan fingerprint density at radius 3 is 2.75 bits per heavy atom. The van der Waals surface area contributed by atoms with Gasteiger partial charge in [0.2, 0.25) is 0 Å². The average Bonchev–Trinajstić information content (AvgIpc) is 2.71. The highest BCUT2D eigenvalue weighted by atomic mass is 32.2. The molecule has 0 radical (unpaired) electrons. The molecule has 0 bridgehead atoms. The van der Waals surface area contributed by atoms with Crippen molar-refractivity contribution in [2.24, 2.45) is 0 Å². The van der Waals surface area contributed by atoms with Crippen LogP contribution < -0.4 is 0 Å². The minimum Gasteiger partial charge on any atom is -0.311 e. The number of piperidine rings is 1. The number of thioether (sulfide) groups is 1. The molecular weight excluding hydrogens is 216 g/mol. The van der Waals surface area contributed by atoms with Gasteiger partial charge in [0.15, 0.2) is 6.19 Å². The van der Waals surface area contributed by atoms with Crippen LogP contribution in [0, 0.1) is 11.5 Å². The van der Waals surface area contributed by atoms with E-state index in [1.54, 1.807) is 0 Å². The van der Waals surface area contributed by atoms with Crippen LogP contribution in [0.5, 0.6) is 0 Å². The van der Waals surface area contributed by atoms with Crippen LogP contribution in [-0.4, -0.2) is 18.0 Å². The van der Waals surface area contributed by atoms with Gasteiger partial charge < -0.3 is 4.90 Å². The molecule has 2 aliphatic heterocycles. The number of likely N-dealkylation sites (tertiary alicyclic amines) is 1. The molecule has 16 heavy (non-hydrogen) atoms. The predicted molar refractivity (Wildman–Crippen MR) is 65.8 cm³/mol. The number of hydrogen-bond acceptors (Lipinski definition) is 3. The van der Waals surface area contributed by atoms with E-state index in [0.717, 1.165) is 31.7 Å². The van der Waals surface area contributed by atoms with E-state index in [4.69, 9.17) is 5.26 Å². The lowest BCUT2D eigenvalue weighted by Gasteiger charge is -2.37. The summed E-state index contributed by atoms with van der Waals surface area (Å²) < 4.78 is 0.309. The number of rotatable bonds is 0. The number of nitriles is 1. The highest BCUT2D eigenvalue weighted by Gasteiger charge is 2.41. The highest BCUT2D eigenvalue weighted by molar-refractivity contribution is 7.99. The van der Waals surface area contributed by atoms with Crippen molar-refractivity contribution < 1.29 is 0 Å². The summed E-state index contributed by atoms with van der Waals surface area (Å²) in [4.78, 5) is 1.88. The molecule has 2 nitrogen and oxygen atoms in total. The first-order valence-electron chi connectivity index (χ1n) is 5.71. The van der Waals surface area contributed by atoms with Crippen molar-refractivity contribution in [2.45, 2.75) is 23.3 Å². The minimum atomic E-state index is 0.309. The molecule has 3 rings (SSSR count). The van der Waals surface area contributed by atoms with Crippen LogP contribution in [0.15, 0.2) is 24.3 Å². The van der Waals surface area contributed by atoms with Crippen molar-refractivity contribution in [3.8, 4) is 6.19 Å². The Bertz CT molecular complexity index is 441. The molecule has 0 saturated carbocycles. The molecule has 82 valence electrons. The summed E-state index contributed by atoms with van der Waals surface area (Å²) in [6.07, 6.45) is 4.48. The van der Waals surface area contributed by atoms with Crippen molar-refractivity contribution in [2.75, 3.05) is 13.1 Å². The normalized spacial score (nSPS) is 21.8. The van der Waals surface area contributed by atoms with Crippen LogP contribution in [0.2, 0.25) is 0 Å². The zero-order valence-corrected chi connectivity index (χ0v) is 9.96. The molecule has 2 heterocycles. The molecule has 3 heteroatoms. The van der Waals surface area contributed by atoms with Gasteiger partial charge >= 0.3 is 0 Å². The fourth-order valence-corrected chi connectivity index (χ4v) is 4.28. The summed E-state index contributed by atoms with van der Waals surface area (Å²) in [5, 5.41) is 8.89. The fraction of sp³-hybridized carbons (Fsp3) is 0.462. The molecule has 0 amide bonds. The van der Waals surface area contributed by atoms with E-state index in [1.165, 1.54) is 11.1 Å². The first-order valence-corrected chi connectivity index (χ1v) is 6.70. The summed E-state index contributed by atoms with van der Waals surface area (Å²) in [5.41, 5.74) is 3.02. The third-order valence-corrected chi connectivity index (χ3v) is 5.36. The molecule has 1 spiro atoms. The molecule has 1 fully saturated rings. The topological polar surface area (TPSA) is 27.0 Å². The molecule has 0 aliphatic carbocycles. The van der Waals surface area contributed by atoms with Crippen LogP contribution in [0.25, 0.3) is 0 Å². The Morgan fingerprint density at radius 2 is 2.00 bits per heavy atom. The van der Waals surface area contributed by atoms with Gasteiger partial charge in [-0.15, -0.1) is 11.8 Å². The molecular formula is C13H14N2S. The maximum atomic E-state index is 8.89. The highest BCUT2D eigenvalue weighted by Crippen LogP contribution is 2.52. The molecule has 2 aliphatic rings. The number of hydrogen-bond donors (Lipinski definition) is 0. The zero-order valence-electron chi connectivity index (χ0n) is 9.15. The van der Waals surface area contributed by atoms with E-state index in [-0.39, 0.29) is 0 Å². The average molecular weight is 230 g/mol. The second-order valence-corrected chi connectivity index (χ2v) is 5.89. The number of benzene rings is 1. The quantitative estimate of drug-likeness (QED) is 0.641. The van der Waals surface area contributed by atoms with Gasteiger partial charge in [0.05, 0.1) is 0 Å². The smallest absolute Gasteiger partial charge is 0.179 e. The van der Waals surface area contributed by atoms with E-state index in [0.29, 0.717) is 4.75 Å². The Morgan fingerprint density at radius 1 is 1.25 bits per heavy atom. The van der Waals surface area contributed by atoms with E-state index < -0.39 is 0 Å². The van der Waals surface area contributed by atoms with Crippen LogP contribution in [0.3, 0.4) is 0 Å². The Kier molecular flexibility index (Phi) is 2.33. The van der Waals surface area contributed by atoms with Gasteiger partial charge in [-0.25, -0.2) is 0 Å². The fourth-order valence-electron chi connectivity index (χ4n) is 2.77. The monoisotopic (exact) mass is 230 g/mol. The van der Waals surface area contributed by atoms with Crippen LogP contribution in [0.4, 0.5) is 0 Å². The van der Waals surface area contributed by atoms with Crippen LogP contribution in [0.1, 0.15) is 24.0 Å². The van der Waals surface area contributed by atoms with Gasteiger partial charge in [-0.2, -0.15) is 5.26 Å². The summed E-state index contributed by atoms with van der Waals surface area (Å²) in [6.45, 7) is 1.83. The summed E-state index contributed by atoms with van der Waals surface area (Å²) in [7, 11) is 0. The van der Waals surface area contributed by atoms with Crippen LogP contribution in [-0.2, 0) is 10.5 Å². The molecule has 0 aromatic heterocycles. The maximum absolute atomic E-state index is 8.89. The van der Waals surface area contributed by atoms with Crippen LogP contribution >= 0.6 is 11.8 Å². The number of fused-ring (bicyclic) bond motifs is 2. The zero-order chi connectivity index (χ0) is 11.0. The summed E-state index contributed by atoms with van der Waals surface area (Å²) in [5.74, 6) is 1.14. The molecule has 0 unspecified atom stereocenters. The van der Waals surface area contributed by atoms with E-state index in [2.05, 4.69) is 42.2 Å². The lowest BCUT2D eigenvalue weighted by Crippen LogP contribution is -2.37. The van der Waals surface area contributed by atoms with Crippen molar-refractivity contribution in [1.82, 2.24) is 4.90 Å². The molecule has 0 N–H and O–H groups in total. The number of nitrogens with zero attached hydrogens (tertiary/aromatic N) is 2. The Hall–Kier alpha value is -1.14. The predicted octanol–water partition coefficient (Wildman–Crippen LogP) is 2.71. The first-order chi connectivity index (χ1) is 7.84. The summed E-state index contributed by atoms with van der Waals surface area (Å²) >= 11 is 2.07. The van der Waals surface area contributed by atoms with E-state index in [9.17, 15) is 0 Å². The largest absolute Gasteiger partial charge is 0.311 e. The molecule has 0 atom stereocenters. The minimum absolute atomic E-state index is 0.309. The van der Waals surface area contributed by atoms with Crippen molar-refractivity contribution in [3.05, 3.63) is 35.4 Å². The van der Waals surface area contributed by atoms with Gasteiger partial charge in [0, 0.05) is 23.6 Å². The van der Waals surface area contributed by atoms with Gasteiger partial charge in [-0.05, 0) is 24.0 Å². The SMILES string of the molecule is N#CN1CCC2(CC1)SCc1ccccc12. The maximum Gasteiger partial charge on any atom is 0.179 e. The van der Waals surface area contributed by atoms with Crippen molar-refractivity contribution in [1.29, 1.82) is 5.26 Å². The molecule has 1 saturated heterocycles. The Labute approximate surface area is 100 Å².